The second kappa shape index (κ2) is 9.92. The number of benzene rings is 1. The van der Waals surface area contributed by atoms with E-state index >= 15 is 0 Å². The summed E-state index contributed by atoms with van der Waals surface area (Å²) in [6, 6.07) is 7.39. The van der Waals surface area contributed by atoms with Crippen molar-refractivity contribution in [1.82, 2.24) is 14.9 Å². The minimum absolute atomic E-state index is 0.00753. The predicted octanol–water partition coefficient (Wildman–Crippen LogP) is 4.29. The van der Waals surface area contributed by atoms with Crippen molar-refractivity contribution in [3.05, 3.63) is 46.3 Å². The molecule has 0 unspecified atom stereocenters. The molecule has 28 heavy (non-hydrogen) atoms. The van der Waals surface area contributed by atoms with E-state index in [1.807, 2.05) is 32.0 Å². The predicted molar refractivity (Wildman–Crippen MR) is 116 cm³/mol. The van der Waals surface area contributed by atoms with Gasteiger partial charge in [0.2, 0.25) is 5.91 Å². The molecule has 6 heteroatoms. The lowest BCUT2D eigenvalue weighted by Gasteiger charge is -2.17. The molecule has 1 aliphatic carbocycles. The van der Waals surface area contributed by atoms with Gasteiger partial charge in [-0.15, -0.1) is 0 Å². The third-order valence-electron chi connectivity index (χ3n) is 5.06. The normalized spacial score (nSPS) is 15.3. The number of para-hydroxylation sites is 1. The molecule has 2 aromatic rings. The molecule has 1 aliphatic rings. The smallest absolute Gasteiger partial charge is 0.262 e. The molecule has 150 valence electrons. The summed E-state index contributed by atoms with van der Waals surface area (Å²) in [4.78, 5) is 30.0. The first-order valence-corrected chi connectivity index (χ1v) is 11.1. The van der Waals surface area contributed by atoms with Gasteiger partial charge in [0.1, 0.15) is 0 Å². The van der Waals surface area contributed by atoms with Gasteiger partial charge < -0.3 is 5.32 Å². The highest BCUT2D eigenvalue weighted by molar-refractivity contribution is 8.00. The van der Waals surface area contributed by atoms with Crippen molar-refractivity contribution in [2.24, 2.45) is 0 Å². The maximum absolute atomic E-state index is 12.8. The lowest BCUT2D eigenvalue weighted by atomic mass is 9.97. The lowest BCUT2D eigenvalue weighted by Crippen LogP contribution is -2.33. The molecule has 0 bridgehead atoms. The summed E-state index contributed by atoms with van der Waals surface area (Å²) in [7, 11) is 0. The molecule has 1 atom stereocenters. The van der Waals surface area contributed by atoms with Crippen LogP contribution in [0.2, 0.25) is 0 Å². The van der Waals surface area contributed by atoms with E-state index in [1.54, 1.807) is 10.6 Å². The van der Waals surface area contributed by atoms with Crippen molar-refractivity contribution in [3.8, 4) is 0 Å². The zero-order valence-corrected chi connectivity index (χ0v) is 17.6. The van der Waals surface area contributed by atoms with Gasteiger partial charge in [-0.2, -0.15) is 0 Å². The fraction of sp³-hybridized carbons (Fsp3) is 0.500. The maximum Gasteiger partial charge on any atom is 0.262 e. The van der Waals surface area contributed by atoms with E-state index in [1.165, 1.54) is 30.2 Å². The van der Waals surface area contributed by atoms with Gasteiger partial charge in [-0.05, 0) is 57.6 Å². The largest absolute Gasteiger partial charge is 0.355 e. The van der Waals surface area contributed by atoms with Crippen LogP contribution in [-0.2, 0) is 11.3 Å². The minimum Gasteiger partial charge on any atom is -0.355 e. The molecule has 0 spiro atoms. The molecule has 1 N–H and O–H groups in total. The number of fused-ring (bicyclic) bond motifs is 1. The topological polar surface area (TPSA) is 64.0 Å². The van der Waals surface area contributed by atoms with Crippen LogP contribution in [0, 0.1) is 0 Å². The average molecular weight is 400 g/mol. The van der Waals surface area contributed by atoms with Crippen molar-refractivity contribution in [2.75, 3.05) is 6.54 Å². The standard InChI is InChI=1S/C22H29N3O2S/c1-3-15-25-21(27)18-11-7-8-12-19(18)24-22(25)28-16(2)20(26)23-14-13-17-9-5-4-6-10-17/h7-9,11-12,16H,3-6,10,13-15H2,1-2H3,(H,23,26)/t16-/m0/s1. The Hall–Kier alpha value is -2.08. The van der Waals surface area contributed by atoms with Gasteiger partial charge in [0.25, 0.3) is 5.56 Å². The number of carbonyl (C=O) groups excluding carboxylic acids is 1. The Morgan fingerprint density at radius 2 is 2.14 bits per heavy atom. The summed E-state index contributed by atoms with van der Waals surface area (Å²) in [6.45, 7) is 5.17. The van der Waals surface area contributed by atoms with Crippen LogP contribution < -0.4 is 10.9 Å². The molecular formula is C22H29N3O2S. The van der Waals surface area contributed by atoms with Gasteiger partial charge in [-0.25, -0.2) is 4.98 Å². The molecule has 0 saturated carbocycles. The van der Waals surface area contributed by atoms with E-state index in [0.717, 1.165) is 25.7 Å². The van der Waals surface area contributed by atoms with E-state index in [2.05, 4.69) is 16.4 Å². The van der Waals surface area contributed by atoms with Crippen LogP contribution in [0.15, 0.2) is 45.9 Å². The van der Waals surface area contributed by atoms with Crippen molar-refractivity contribution >= 4 is 28.6 Å². The van der Waals surface area contributed by atoms with E-state index in [9.17, 15) is 9.59 Å². The molecule has 0 saturated heterocycles. The Balaban J connectivity index is 1.68. The summed E-state index contributed by atoms with van der Waals surface area (Å²) < 4.78 is 1.70. The summed E-state index contributed by atoms with van der Waals surface area (Å²) in [5, 5.41) is 3.97. The van der Waals surface area contributed by atoms with Gasteiger partial charge in [0, 0.05) is 13.1 Å². The maximum atomic E-state index is 12.8. The number of allylic oxidation sites excluding steroid dienone is 1. The number of hydrogen-bond acceptors (Lipinski definition) is 4. The first-order chi connectivity index (χ1) is 13.6. The Morgan fingerprint density at radius 3 is 2.89 bits per heavy atom. The molecule has 1 aromatic heterocycles. The number of aromatic nitrogens is 2. The molecule has 0 aliphatic heterocycles. The molecule has 5 nitrogen and oxygen atoms in total. The number of carbonyl (C=O) groups is 1. The number of hydrogen-bond donors (Lipinski definition) is 1. The monoisotopic (exact) mass is 399 g/mol. The fourth-order valence-corrected chi connectivity index (χ4v) is 4.45. The quantitative estimate of drug-likeness (QED) is 0.408. The van der Waals surface area contributed by atoms with Crippen molar-refractivity contribution in [2.45, 2.75) is 69.3 Å². The van der Waals surface area contributed by atoms with Crippen molar-refractivity contribution in [1.29, 1.82) is 0 Å². The van der Waals surface area contributed by atoms with Gasteiger partial charge in [0.15, 0.2) is 5.16 Å². The molecule has 3 rings (SSSR count). The van der Waals surface area contributed by atoms with Crippen LogP contribution >= 0.6 is 11.8 Å². The number of nitrogens with zero attached hydrogens (tertiary/aromatic N) is 2. The Kier molecular flexibility index (Phi) is 7.31. The molecule has 1 amide bonds. The van der Waals surface area contributed by atoms with Gasteiger partial charge in [-0.3, -0.25) is 14.2 Å². The summed E-state index contributed by atoms with van der Waals surface area (Å²) >= 11 is 1.36. The van der Waals surface area contributed by atoms with Crippen LogP contribution in [0.5, 0.6) is 0 Å². The summed E-state index contributed by atoms with van der Waals surface area (Å²) in [5.74, 6) is -0.00753. The zero-order valence-electron chi connectivity index (χ0n) is 16.7. The van der Waals surface area contributed by atoms with E-state index in [4.69, 9.17) is 0 Å². The molecule has 1 heterocycles. The number of rotatable bonds is 8. The van der Waals surface area contributed by atoms with Crippen LogP contribution in [-0.4, -0.2) is 27.3 Å². The lowest BCUT2D eigenvalue weighted by molar-refractivity contribution is -0.120. The number of amides is 1. The van der Waals surface area contributed by atoms with Crippen LogP contribution in [0.4, 0.5) is 0 Å². The van der Waals surface area contributed by atoms with Crippen molar-refractivity contribution in [3.63, 3.8) is 0 Å². The number of nitrogens with one attached hydrogen (secondary N) is 1. The second-order valence-electron chi connectivity index (χ2n) is 7.28. The zero-order chi connectivity index (χ0) is 19.9. The Morgan fingerprint density at radius 1 is 1.32 bits per heavy atom. The van der Waals surface area contributed by atoms with Gasteiger partial charge in [0.05, 0.1) is 16.2 Å². The molecule has 0 radical (unpaired) electrons. The Bertz CT molecular complexity index is 920. The highest BCUT2D eigenvalue weighted by Crippen LogP contribution is 2.23. The number of thioether (sulfide) groups is 1. The van der Waals surface area contributed by atoms with E-state index in [-0.39, 0.29) is 16.7 Å². The summed E-state index contributed by atoms with van der Waals surface area (Å²) in [5.41, 5.74) is 2.10. The highest BCUT2D eigenvalue weighted by Gasteiger charge is 2.19. The Labute approximate surface area is 170 Å². The van der Waals surface area contributed by atoms with Gasteiger partial charge >= 0.3 is 0 Å². The van der Waals surface area contributed by atoms with Crippen LogP contribution in [0.25, 0.3) is 10.9 Å². The van der Waals surface area contributed by atoms with Gasteiger partial charge in [-0.1, -0.05) is 42.5 Å². The van der Waals surface area contributed by atoms with E-state index in [0.29, 0.717) is 29.1 Å². The minimum atomic E-state index is -0.309. The highest BCUT2D eigenvalue weighted by atomic mass is 32.2. The van der Waals surface area contributed by atoms with Crippen molar-refractivity contribution < 1.29 is 4.79 Å². The SMILES string of the molecule is CCCn1c(S[C@@H](C)C(=O)NCCC2=CCCCC2)nc2ccccc2c1=O. The summed E-state index contributed by atoms with van der Waals surface area (Å²) in [6.07, 6.45) is 8.94. The molecular weight excluding hydrogens is 370 g/mol. The second-order valence-corrected chi connectivity index (χ2v) is 8.59. The average Bonchev–Trinajstić information content (AvgIpc) is 2.71. The fourth-order valence-electron chi connectivity index (χ4n) is 3.49. The first-order valence-electron chi connectivity index (χ1n) is 10.2. The van der Waals surface area contributed by atoms with E-state index < -0.39 is 0 Å². The van der Waals surface area contributed by atoms with Crippen LogP contribution in [0.1, 0.15) is 52.4 Å². The van der Waals surface area contributed by atoms with Crippen LogP contribution in [0.3, 0.4) is 0 Å². The first kappa shape index (κ1) is 20.6. The third kappa shape index (κ3) is 5.04. The third-order valence-corrected chi connectivity index (χ3v) is 6.15. The molecule has 1 aromatic carbocycles. The molecule has 0 fully saturated rings.